The Morgan fingerprint density at radius 2 is 1.88 bits per heavy atom. The van der Waals surface area contributed by atoms with Crippen molar-refractivity contribution in [2.24, 2.45) is 5.92 Å². The van der Waals surface area contributed by atoms with E-state index in [0.29, 0.717) is 42.9 Å². The smallest absolute Gasteiger partial charge is 0.264 e. The Bertz CT molecular complexity index is 1600. The van der Waals surface area contributed by atoms with E-state index in [4.69, 9.17) is 14.6 Å². The molecule has 1 aromatic heterocycles. The van der Waals surface area contributed by atoms with Gasteiger partial charge in [0.05, 0.1) is 31.1 Å². The first kappa shape index (κ1) is 28.6. The summed E-state index contributed by atoms with van der Waals surface area (Å²) < 4.78 is 13.6. The molecule has 2 N–H and O–H groups in total. The van der Waals surface area contributed by atoms with E-state index in [2.05, 4.69) is 22.6 Å². The molecular formula is C33H35N5O5. The van der Waals surface area contributed by atoms with Gasteiger partial charge in [-0.05, 0) is 60.9 Å². The van der Waals surface area contributed by atoms with Gasteiger partial charge in [-0.15, -0.1) is 5.10 Å². The van der Waals surface area contributed by atoms with Crippen molar-refractivity contribution in [3.8, 4) is 5.75 Å². The van der Waals surface area contributed by atoms with E-state index >= 15 is 0 Å². The van der Waals surface area contributed by atoms with Crippen LogP contribution < -0.4 is 15.0 Å². The number of carbonyl (C=O) groups is 2. The molecule has 1 fully saturated rings. The molecule has 2 aliphatic rings. The van der Waals surface area contributed by atoms with Crippen molar-refractivity contribution in [3.63, 3.8) is 0 Å². The molecule has 6 rings (SSSR count). The van der Waals surface area contributed by atoms with Crippen LogP contribution in [-0.4, -0.2) is 51.7 Å². The predicted molar refractivity (Wildman–Crippen MR) is 161 cm³/mol. The highest BCUT2D eigenvalue weighted by Gasteiger charge is 2.59. The average Bonchev–Trinajstić information content (AvgIpc) is 3.69. The molecular weight excluding hydrogens is 546 g/mol. The molecule has 4 aromatic rings. The zero-order valence-corrected chi connectivity index (χ0v) is 24.3. The maximum Gasteiger partial charge on any atom is 0.264 e. The van der Waals surface area contributed by atoms with E-state index in [0.717, 1.165) is 28.9 Å². The van der Waals surface area contributed by atoms with Crippen LogP contribution in [-0.2, 0) is 34.6 Å². The van der Waals surface area contributed by atoms with Gasteiger partial charge in [0.25, 0.3) is 11.8 Å². The van der Waals surface area contributed by atoms with Crippen molar-refractivity contribution in [1.29, 1.82) is 0 Å². The van der Waals surface area contributed by atoms with Crippen molar-refractivity contribution >= 4 is 23.2 Å². The highest BCUT2D eigenvalue weighted by Crippen LogP contribution is 2.53. The van der Waals surface area contributed by atoms with Crippen molar-refractivity contribution in [3.05, 3.63) is 101 Å². The number of ether oxygens (including phenoxy) is 2. The number of aliphatic hydroxyl groups is 1. The first-order valence-corrected chi connectivity index (χ1v) is 14.5. The summed E-state index contributed by atoms with van der Waals surface area (Å²) >= 11 is 0. The maximum atomic E-state index is 14.2. The number of aryl methyl sites for hydroxylation is 1. The van der Waals surface area contributed by atoms with Gasteiger partial charge in [0, 0.05) is 48.5 Å². The monoisotopic (exact) mass is 581 g/mol. The third kappa shape index (κ3) is 5.51. The van der Waals surface area contributed by atoms with Gasteiger partial charge in [0.2, 0.25) is 0 Å². The average molecular weight is 582 g/mol. The Morgan fingerprint density at radius 3 is 2.63 bits per heavy atom. The summed E-state index contributed by atoms with van der Waals surface area (Å²) in [6.07, 6.45) is 3.67. The van der Waals surface area contributed by atoms with Crippen LogP contribution in [0.25, 0.3) is 0 Å². The van der Waals surface area contributed by atoms with Gasteiger partial charge in [-0.1, -0.05) is 42.5 Å². The highest BCUT2D eigenvalue weighted by molar-refractivity contribution is 6.07. The molecule has 10 nitrogen and oxygen atoms in total. The molecule has 3 heterocycles. The zero-order chi connectivity index (χ0) is 30.0. The fourth-order valence-corrected chi connectivity index (χ4v) is 6.13. The molecule has 1 saturated heterocycles. The van der Waals surface area contributed by atoms with Crippen LogP contribution in [0.3, 0.4) is 0 Å². The molecule has 222 valence electrons. The lowest BCUT2D eigenvalue weighted by molar-refractivity contribution is -0.146. The van der Waals surface area contributed by atoms with Crippen LogP contribution >= 0.6 is 0 Å². The summed E-state index contributed by atoms with van der Waals surface area (Å²) in [5.74, 6) is 0.421. The SMILES string of the molecule is COc1ccc(C(=O)Nc2ccc(CN3C(=O)[C@]4(O[C@H](CCn5cc(CCO)nn5)C[C@@H]4C)c4ccccc43)cc2)cc1. The minimum Gasteiger partial charge on any atom is -0.497 e. The standard InChI is InChI=1S/C33H35N5O5/c1-22-19-28(15-17-37-21-26(16-18-39)35-36-37)43-33(22)29-5-3-4-6-30(29)38(32(33)41)20-23-7-11-25(12-8-23)34-31(40)24-9-13-27(42-2)14-10-24/h3-14,21-22,28,39H,15-20H2,1-2H3,(H,34,40)/t22-,28+,33+/m0/s1. The normalized spacial score (nSPS) is 20.9. The molecule has 43 heavy (non-hydrogen) atoms. The fraction of sp³-hybridized carbons (Fsp3) is 0.333. The second-order valence-corrected chi connectivity index (χ2v) is 11.1. The minimum absolute atomic E-state index is 0.00705. The second-order valence-electron chi connectivity index (χ2n) is 11.1. The number of rotatable bonds is 10. The van der Waals surface area contributed by atoms with Crippen LogP contribution in [0.1, 0.15) is 46.9 Å². The van der Waals surface area contributed by atoms with Gasteiger partial charge in [-0.3, -0.25) is 14.3 Å². The van der Waals surface area contributed by atoms with Crippen LogP contribution in [0.5, 0.6) is 5.75 Å². The number of para-hydroxylation sites is 1. The number of aliphatic hydroxyl groups excluding tert-OH is 1. The lowest BCUT2D eigenvalue weighted by Gasteiger charge is -2.28. The largest absolute Gasteiger partial charge is 0.497 e. The quantitative estimate of drug-likeness (QED) is 0.286. The number of fused-ring (bicyclic) bond motifs is 2. The lowest BCUT2D eigenvalue weighted by atomic mass is 9.83. The number of carbonyl (C=O) groups excluding carboxylic acids is 2. The Morgan fingerprint density at radius 1 is 1.12 bits per heavy atom. The molecule has 3 aromatic carbocycles. The molecule has 3 atom stereocenters. The molecule has 0 bridgehead atoms. The first-order chi connectivity index (χ1) is 20.9. The summed E-state index contributed by atoms with van der Waals surface area (Å²) in [5.41, 5.74) is 3.63. The van der Waals surface area contributed by atoms with E-state index in [1.807, 2.05) is 59.6 Å². The van der Waals surface area contributed by atoms with Gasteiger partial charge in [0.15, 0.2) is 5.60 Å². The van der Waals surface area contributed by atoms with Crippen LogP contribution in [0.4, 0.5) is 11.4 Å². The van der Waals surface area contributed by atoms with Gasteiger partial charge >= 0.3 is 0 Å². The summed E-state index contributed by atoms with van der Waals surface area (Å²) in [6.45, 7) is 3.13. The van der Waals surface area contributed by atoms with Crippen molar-refractivity contribution < 1.29 is 24.2 Å². The van der Waals surface area contributed by atoms with Crippen LogP contribution in [0, 0.1) is 5.92 Å². The minimum atomic E-state index is -1.03. The predicted octanol–water partition coefficient (Wildman–Crippen LogP) is 4.33. The number of nitrogens with zero attached hydrogens (tertiary/aromatic N) is 4. The third-order valence-corrected chi connectivity index (χ3v) is 8.36. The number of methoxy groups -OCH3 is 1. The number of nitrogens with one attached hydrogen (secondary N) is 1. The molecule has 10 heteroatoms. The molecule has 1 spiro atoms. The second kappa shape index (κ2) is 12.0. The van der Waals surface area contributed by atoms with E-state index < -0.39 is 5.60 Å². The number of hydrogen-bond donors (Lipinski definition) is 2. The van der Waals surface area contributed by atoms with Gasteiger partial charge in [-0.2, -0.15) is 0 Å². The summed E-state index contributed by atoms with van der Waals surface area (Å²) in [4.78, 5) is 28.7. The van der Waals surface area contributed by atoms with Crippen LogP contribution in [0.15, 0.2) is 79.0 Å². The topological polar surface area (TPSA) is 119 Å². The fourth-order valence-electron chi connectivity index (χ4n) is 6.13. The van der Waals surface area contributed by atoms with E-state index in [-0.39, 0.29) is 30.4 Å². The van der Waals surface area contributed by atoms with Gasteiger partial charge < -0.3 is 24.8 Å². The Kier molecular flexibility index (Phi) is 7.96. The Hall–Kier alpha value is -4.54. The van der Waals surface area contributed by atoms with Crippen molar-refractivity contribution in [2.45, 2.75) is 51.0 Å². The van der Waals surface area contributed by atoms with E-state index in [1.165, 1.54) is 0 Å². The number of amides is 2. The molecule has 2 aliphatic heterocycles. The molecule has 0 aliphatic carbocycles. The van der Waals surface area contributed by atoms with Crippen molar-refractivity contribution in [2.75, 3.05) is 23.9 Å². The molecule has 0 unspecified atom stereocenters. The maximum absolute atomic E-state index is 14.2. The summed E-state index contributed by atoms with van der Waals surface area (Å²) in [7, 11) is 1.58. The van der Waals surface area contributed by atoms with Crippen molar-refractivity contribution in [1.82, 2.24) is 15.0 Å². The van der Waals surface area contributed by atoms with Crippen LogP contribution in [0.2, 0.25) is 0 Å². The molecule has 0 saturated carbocycles. The van der Waals surface area contributed by atoms with Gasteiger partial charge in [-0.25, -0.2) is 0 Å². The Balaban J connectivity index is 1.14. The summed E-state index contributed by atoms with van der Waals surface area (Å²) in [5, 5.41) is 20.3. The molecule has 0 radical (unpaired) electrons. The number of benzene rings is 3. The van der Waals surface area contributed by atoms with Gasteiger partial charge in [0.1, 0.15) is 5.75 Å². The number of anilines is 2. The first-order valence-electron chi connectivity index (χ1n) is 14.5. The highest BCUT2D eigenvalue weighted by atomic mass is 16.5. The summed E-state index contributed by atoms with van der Waals surface area (Å²) in [6, 6.07) is 22.4. The Labute approximate surface area is 250 Å². The molecule has 2 amide bonds. The number of hydrogen-bond acceptors (Lipinski definition) is 7. The zero-order valence-electron chi connectivity index (χ0n) is 24.3. The lowest BCUT2D eigenvalue weighted by Crippen LogP contribution is -2.43. The number of aromatic nitrogens is 3. The van der Waals surface area contributed by atoms with E-state index in [9.17, 15) is 9.59 Å². The third-order valence-electron chi connectivity index (χ3n) is 8.36. The van der Waals surface area contributed by atoms with E-state index in [1.54, 1.807) is 36.1 Å².